The van der Waals surface area contributed by atoms with Crippen molar-refractivity contribution >= 4 is 28.5 Å². The molecular formula is C25H24F3N5O2. The number of carbonyl (C=O) groups is 1. The second-order valence-corrected chi connectivity index (χ2v) is 8.49. The normalized spacial score (nSPS) is 15.2. The van der Waals surface area contributed by atoms with Crippen molar-refractivity contribution in [2.45, 2.75) is 32.0 Å². The van der Waals surface area contributed by atoms with Crippen LogP contribution in [0.5, 0.6) is 0 Å². The summed E-state index contributed by atoms with van der Waals surface area (Å²) in [4.78, 5) is 25.8. The van der Waals surface area contributed by atoms with Gasteiger partial charge in [-0.1, -0.05) is 18.2 Å². The highest BCUT2D eigenvalue weighted by Gasteiger charge is 2.33. The Balaban J connectivity index is 1.63. The van der Waals surface area contributed by atoms with Crippen molar-refractivity contribution in [3.8, 4) is 6.07 Å². The quantitative estimate of drug-likeness (QED) is 0.493. The maximum atomic E-state index is 13.1. The Kier molecular flexibility index (Phi) is 6.78. The number of rotatable bonds is 5. The molecule has 1 aliphatic rings. The van der Waals surface area contributed by atoms with Crippen molar-refractivity contribution in [3.63, 3.8) is 0 Å². The van der Waals surface area contributed by atoms with E-state index in [9.17, 15) is 23.2 Å². The molecule has 7 nitrogen and oxygen atoms in total. The molecular weight excluding hydrogens is 459 g/mol. The zero-order valence-electron chi connectivity index (χ0n) is 19.3. The van der Waals surface area contributed by atoms with E-state index in [1.165, 1.54) is 6.07 Å². The predicted octanol–water partition coefficient (Wildman–Crippen LogP) is 4.53. The second kappa shape index (κ2) is 9.78. The number of esters is 1. The third-order valence-electron chi connectivity index (χ3n) is 5.69. The molecule has 10 heteroatoms. The lowest BCUT2D eigenvalue weighted by molar-refractivity contribution is -0.147. The topological polar surface area (TPSA) is 82.3 Å². The van der Waals surface area contributed by atoms with Crippen LogP contribution in [0.15, 0.2) is 48.5 Å². The first-order valence-electron chi connectivity index (χ1n) is 11.2. The average molecular weight is 483 g/mol. The Morgan fingerprint density at radius 2 is 1.63 bits per heavy atom. The number of anilines is 2. The summed E-state index contributed by atoms with van der Waals surface area (Å²) >= 11 is 0. The first-order valence-corrected chi connectivity index (χ1v) is 11.2. The fraction of sp³-hybridized carbons (Fsp3) is 0.360. The number of piperazine rings is 1. The first kappa shape index (κ1) is 24.3. The van der Waals surface area contributed by atoms with Crippen LogP contribution in [-0.2, 0) is 15.7 Å². The van der Waals surface area contributed by atoms with Gasteiger partial charge in [-0.05, 0) is 44.2 Å². The molecule has 0 radical (unpaired) electrons. The lowest BCUT2D eigenvalue weighted by atomic mass is 10.1. The number of benzene rings is 2. The number of hydrogen-bond donors (Lipinski definition) is 0. The van der Waals surface area contributed by atoms with Crippen LogP contribution in [0.2, 0.25) is 0 Å². The summed E-state index contributed by atoms with van der Waals surface area (Å²) in [5.41, 5.74) is 1.16. The smallest absolute Gasteiger partial charge is 0.416 e. The van der Waals surface area contributed by atoms with Crippen LogP contribution in [0.1, 0.15) is 31.0 Å². The Labute approximate surface area is 200 Å². The Morgan fingerprint density at radius 1 is 1.00 bits per heavy atom. The van der Waals surface area contributed by atoms with Gasteiger partial charge in [-0.25, -0.2) is 9.97 Å². The molecule has 0 bridgehead atoms. The molecule has 0 N–H and O–H groups in total. The number of nitrogens with zero attached hydrogens (tertiary/aromatic N) is 5. The molecule has 182 valence electrons. The molecule has 1 aliphatic heterocycles. The van der Waals surface area contributed by atoms with Gasteiger partial charge in [0, 0.05) is 31.9 Å². The van der Waals surface area contributed by atoms with Crippen LogP contribution in [-0.4, -0.2) is 48.2 Å². The Hall–Kier alpha value is -3.87. The van der Waals surface area contributed by atoms with E-state index in [1.54, 1.807) is 38.1 Å². The van der Waals surface area contributed by atoms with Gasteiger partial charge in [0.1, 0.15) is 5.69 Å². The van der Waals surface area contributed by atoms with Crippen molar-refractivity contribution in [2.24, 2.45) is 0 Å². The van der Waals surface area contributed by atoms with Crippen LogP contribution in [0.3, 0.4) is 0 Å². The van der Waals surface area contributed by atoms with Crippen molar-refractivity contribution in [1.82, 2.24) is 9.97 Å². The minimum Gasteiger partial charge on any atom is -0.462 e. The zero-order chi connectivity index (χ0) is 25.2. The maximum Gasteiger partial charge on any atom is 0.416 e. The lowest BCUT2D eigenvalue weighted by Gasteiger charge is -2.37. The SMILES string of the molecule is CC(C)OC(=O)C(C#N)c1nc2ccccc2nc1N1CCN(c2cccc(C(F)(F)F)c2)CC1. The van der Waals surface area contributed by atoms with E-state index in [-0.39, 0.29) is 5.69 Å². The zero-order valence-corrected chi connectivity index (χ0v) is 19.3. The molecule has 1 saturated heterocycles. The molecule has 2 heterocycles. The van der Waals surface area contributed by atoms with Gasteiger partial charge < -0.3 is 14.5 Å². The number of aromatic nitrogens is 2. The molecule has 4 rings (SSSR count). The van der Waals surface area contributed by atoms with E-state index in [0.29, 0.717) is 48.7 Å². The highest BCUT2D eigenvalue weighted by atomic mass is 19.4. The molecule has 35 heavy (non-hydrogen) atoms. The summed E-state index contributed by atoms with van der Waals surface area (Å²) < 4.78 is 44.7. The second-order valence-electron chi connectivity index (χ2n) is 8.49. The van der Waals surface area contributed by atoms with Gasteiger partial charge in [-0.2, -0.15) is 18.4 Å². The molecule has 0 aliphatic carbocycles. The van der Waals surface area contributed by atoms with E-state index in [2.05, 4.69) is 4.98 Å². The molecule has 0 amide bonds. The lowest BCUT2D eigenvalue weighted by Crippen LogP contribution is -2.47. The third kappa shape index (κ3) is 5.29. The summed E-state index contributed by atoms with van der Waals surface area (Å²) in [7, 11) is 0. The van der Waals surface area contributed by atoms with Crippen molar-refractivity contribution in [1.29, 1.82) is 5.26 Å². The van der Waals surface area contributed by atoms with Crippen LogP contribution >= 0.6 is 0 Å². The number of ether oxygens (including phenoxy) is 1. The van der Waals surface area contributed by atoms with Gasteiger partial charge in [-0.15, -0.1) is 0 Å². The van der Waals surface area contributed by atoms with E-state index >= 15 is 0 Å². The summed E-state index contributed by atoms with van der Waals surface area (Å²) in [6.45, 7) is 5.12. The molecule has 1 unspecified atom stereocenters. The molecule has 0 saturated carbocycles. The number of para-hydroxylation sites is 2. The summed E-state index contributed by atoms with van der Waals surface area (Å²) in [5.74, 6) is -1.55. The van der Waals surface area contributed by atoms with E-state index in [0.717, 1.165) is 12.1 Å². The number of fused-ring (bicyclic) bond motifs is 1. The number of nitriles is 1. The van der Waals surface area contributed by atoms with Gasteiger partial charge in [0.2, 0.25) is 0 Å². The van der Waals surface area contributed by atoms with Gasteiger partial charge in [0.05, 0.1) is 28.8 Å². The first-order chi connectivity index (χ1) is 16.7. The minimum atomic E-state index is -4.41. The summed E-state index contributed by atoms with van der Waals surface area (Å²) in [6.07, 6.45) is -4.81. The fourth-order valence-electron chi connectivity index (χ4n) is 4.01. The van der Waals surface area contributed by atoms with Gasteiger partial charge in [0.15, 0.2) is 11.7 Å². The molecule has 2 aromatic carbocycles. The Morgan fingerprint density at radius 3 is 2.23 bits per heavy atom. The largest absolute Gasteiger partial charge is 0.462 e. The van der Waals surface area contributed by atoms with Crippen LogP contribution < -0.4 is 9.80 Å². The maximum absolute atomic E-state index is 13.1. The van der Waals surface area contributed by atoms with E-state index in [1.807, 2.05) is 21.9 Å². The number of halogens is 3. The number of alkyl halides is 3. The van der Waals surface area contributed by atoms with Crippen molar-refractivity contribution in [2.75, 3.05) is 36.0 Å². The summed E-state index contributed by atoms with van der Waals surface area (Å²) in [5, 5.41) is 9.80. The monoisotopic (exact) mass is 483 g/mol. The molecule has 0 spiro atoms. The van der Waals surface area contributed by atoms with Gasteiger partial charge in [-0.3, -0.25) is 4.79 Å². The highest BCUT2D eigenvalue weighted by molar-refractivity contribution is 5.85. The van der Waals surface area contributed by atoms with Crippen molar-refractivity contribution < 1.29 is 22.7 Å². The molecule has 1 aromatic heterocycles. The molecule has 1 fully saturated rings. The van der Waals surface area contributed by atoms with E-state index < -0.39 is 29.7 Å². The van der Waals surface area contributed by atoms with Crippen LogP contribution in [0.4, 0.5) is 24.7 Å². The third-order valence-corrected chi connectivity index (χ3v) is 5.69. The van der Waals surface area contributed by atoms with Crippen LogP contribution in [0, 0.1) is 11.3 Å². The van der Waals surface area contributed by atoms with Gasteiger partial charge >= 0.3 is 12.1 Å². The standard InChI is InChI=1S/C25H24F3N5O2/c1-16(2)35-24(34)19(15-29)22-23(31-21-9-4-3-8-20(21)30-22)33-12-10-32(11-13-33)18-7-5-6-17(14-18)25(26,27)28/h3-9,14,16,19H,10-13H2,1-2H3. The Bertz CT molecular complexity index is 1260. The number of hydrogen-bond acceptors (Lipinski definition) is 7. The predicted molar refractivity (Wildman–Crippen MR) is 125 cm³/mol. The minimum absolute atomic E-state index is 0.212. The number of carbonyl (C=O) groups excluding carboxylic acids is 1. The van der Waals surface area contributed by atoms with Crippen LogP contribution in [0.25, 0.3) is 11.0 Å². The summed E-state index contributed by atoms with van der Waals surface area (Å²) in [6, 6.07) is 14.4. The van der Waals surface area contributed by atoms with E-state index in [4.69, 9.17) is 9.72 Å². The fourth-order valence-corrected chi connectivity index (χ4v) is 4.01. The highest BCUT2D eigenvalue weighted by Crippen LogP contribution is 2.33. The molecule has 3 aromatic rings. The average Bonchev–Trinajstić information content (AvgIpc) is 2.83. The van der Waals surface area contributed by atoms with Crippen molar-refractivity contribution in [3.05, 3.63) is 59.8 Å². The molecule has 1 atom stereocenters. The van der Waals surface area contributed by atoms with Gasteiger partial charge in [0.25, 0.3) is 0 Å².